The number of carbonyl (C=O) groups excluding carboxylic acids is 1. The average molecular weight is 251 g/mol. The van der Waals surface area contributed by atoms with Crippen molar-refractivity contribution in [3.05, 3.63) is 29.8 Å². The molecule has 4 nitrogen and oxygen atoms in total. The smallest absolute Gasteiger partial charge is 0.334 e. The zero-order valence-electron chi connectivity index (χ0n) is 9.40. The molecule has 0 bridgehead atoms. The van der Waals surface area contributed by atoms with Crippen molar-refractivity contribution in [3.8, 4) is 0 Å². The van der Waals surface area contributed by atoms with Gasteiger partial charge in [0.05, 0.1) is 0 Å². The number of carboxylic acids is 1. The van der Waals surface area contributed by atoms with Crippen molar-refractivity contribution < 1.29 is 14.7 Å². The lowest BCUT2D eigenvalue weighted by Gasteiger charge is -2.35. The molecule has 1 heterocycles. The van der Waals surface area contributed by atoms with E-state index in [2.05, 4.69) is 5.32 Å². The van der Waals surface area contributed by atoms with E-state index in [0.717, 1.165) is 4.90 Å². The molecule has 17 heavy (non-hydrogen) atoms. The highest BCUT2D eigenvalue weighted by molar-refractivity contribution is 7.99. The molecule has 90 valence electrons. The van der Waals surface area contributed by atoms with Crippen LogP contribution in [-0.4, -0.2) is 22.7 Å². The van der Waals surface area contributed by atoms with Gasteiger partial charge in [0.25, 0.3) is 0 Å². The zero-order chi connectivity index (χ0) is 12.5. The van der Waals surface area contributed by atoms with E-state index in [1.807, 2.05) is 12.1 Å². The van der Waals surface area contributed by atoms with Crippen molar-refractivity contribution in [2.24, 2.45) is 0 Å². The molecule has 1 aromatic rings. The number of hydrogen-bond donors (Lipinski definition) is 2. The predicted molar refractivity (Wildman–Crippen MR) is 64.9 cm³/mol. The standard InChI is InChI=1S/C12H13NO3S/c1-8(14)13-12(11(15)16)6-7-17-10-5-3-2-4-9(10)12/h2-5H,6-7H2,1H3,(H,13,14)(H,15,16). The molecule has 2 rings (SSSR count). The molecule has 5 heteroatoms. The molecule has 0 saturated heterocycles. The fourth-order valence-electron chi connectivity index (χ4n) is 2.10. The summed E-state index contributed by atoms with van der Waals surface area (Å²) < 4.78 is 0. The summed E-state index contributed by atoms with van der Waals surface area (Å²) in [6, 6.07) is 7.33. The minimum atomic E-state index is -1.27. The summed E-state index contributed by atoms with van der Waals surface area (Å²) in [6.07, 6.45) is 0.406. The normalized spacial score (nSPS) is 22.6. The minimum absolute atomic E-state index is 0.325. The van der Waals surface area contributed by atoms with Crippen molar-refractivity contribution >= 4 is 23.6 Å². The first kappa shape index (κ1) is 12.0. The highest BCUT2D eigenvalue weighted by atomic mass is 32.2. The van der Waals surface area contributed by atoms with Gasteiger partial charge in [-0.25, -0.2) is 4.79 Å². The Bertz CT molecular complexity index is 475. The van der Waals surface area contributed by atoms with E-state index in [9.17, 15) is 14.7 Å². The van der Waals surface area contributed by atoms with Crippen molar-refractivity contribution in [1.29, 1.82) is 0 Å². The summed E-state index contributed by atoms with van der Waals surface area (Å²) in [5, 5.41) is 12.1. The molecule has 2 N–H and O–H groups in total. The van der Waals surface area contributed by atoms with Gasteiger partial charge < -0.3 is 10.4 Å². The maximum Gasteiger partial charge on any atom is 0.334 e. The Morgan fingerprint density at radius 2 is 2.12 bits per heavy atom. The van der Waals surface area contributed by atoms with Gasteiger partial charge in [0.15, 0.2) is 5.54 Å². The maximum absolute atomic E-state index is 11.6. The van der Waals surface area contributed by atoms with Crippen LogP contribution in [0.15, 0.2) is 29.2 Å². The number of carboxylic acid groups (broad SMARTS) is 1. The molecule has 0 aromatic heterocycles. The third-order valence-corrected chi connectivity index (χ3v) is 3.91. The third-order valence-electron chi connectivity index (χ3n) is 2.84. The molecule has 0 fully saturated rings. The molecule has 0 saturated carbocycles. The van der Waals surface area contributed by atoms with Gasteiger partial charge in [-0.15, -0.1) is 11.8 Å². The Morgan fingerprint density at radius 1 is 1.41 bits per heavy atom. The van der Waals surface area contributed by atoms with Gasteiger partial charge in [-0.1, -0.05) is 18.2 Å². The van der Waals surface area contributed by atoms with E-state index in [-0.39, 0.29) is 5.91 Å². The summed E-state index contributed by atoms with van der Waals surface area (Å²) in [4.78, 5) is 23.7. The number of nitrogens with one attached hydrogen (secondary N) is 1. The van der Waals surface area contributed by atoms with Crippen LogP contribution in [-0.2, 0) is 15.1 Å². The van der Waals surface area contributed by atoms with E-state index in [0.29, 0.717) is 17.7 Å². The fourth-order valence-corrected chi connectivity index (χ4v) is 3.30. The van der Waals surface area contributed by atoms with Crippen LogP contribution in [0.2, 0.25) is 0 Å². The Hall–Kier alpha value is -1.49. The summed E-state index contributed by atoms with van der Waals surface area (Å²) in [5.74, 6) is -0.640. The first-order chi connectivity index (χ1) is 8.06. The topological polar surface area (TPSA) is 66.4 Å². The Kier molecular flexibility index (Phi) is 3.11. The monoisotopic (exact) mass is 251 g/mol. The largest absolute Gasteiger partial charge is 0.479 e. The van der Waals surface area contributed by atoms with Crippen molar-refractivity contribution in [1.82, 2.24) is 5.32 Å². The van der Waals surface area contributed by atoms with Gasteiger partial charge in [-0.2, -0.15) is 0 Å². The number of amides is 1. The molecule has 0 aliphatic carbocycles. The van der Waals surface area contributed by atoms with Gasteiger partial charge in [0, 0.05) is 23.1 Å². The van der Waals surface area contributed by atoms with Gasteiger partial charge in [-0.3, -0.25) is 4.79 Å². The number of hydrogen-bond acceptors (Lipinski definition) is 3. The van der Waals surface area contributed by atoms with Crippen LogP contribution >= 0.6 is 11.8 Å². The lowest BCUT2D eigenvalue weighted by molar-refractivity contribution is -0.148. The highest BCUT2D eigenvalue weighted by Crippen LogP contribution is 2.40. The molecule has 1 aromatic carbocycles. The molecule has 0 spiro atoms. The number of aliphatic carboxylic acids is 1. The van der Waals surface area contributed by atoms with Gasteiger partial charge in [0.2, 0.25) is 5.91 Å². The SMILES string of the molecule is CC(=O)NC1(C(=O)O)CCSc2ccccc21. The first-order valence-electron chi connectivity index (χ1n) is 5.31. The number of rotatable bonds is 2. The Balaban J connectivity index is 2.55. The molecule has 1 amide bonds. The van der Waals surface area contributed by atoms with E-state index in [4.69, 9.17) is 0 Å². The molecule has 1 aliphatic heterocycles. The van der Waals surface area contributed by atoms with E-state index < -0.39 is 11.5 Å². The summed E-state index contributed by atoms with van der Waals surface area (Å²) in [5.41, 5.74) is -0.591. The molecular weight excluding hydrogens is 238 g/mol. The zero-order valence-corrected chi connectivity index (χ0v) is 10.2. The molecule has 1 unspecified atom stereocenters. The fraction of sp³-hybridized carbons (Fsp3) is 0.333. The van der Waals surface area contributed by atoms with Crippen LogP contribution in [0.25, 0.3) is 0 Å². The second-order valence-electron chi connectivity index (χ2n) is 3.99. The quantitative estimate of drug-likeness (QED) is 0.838. The van der Waals surface area contributed by atoms with E-state index in [1.54, 1.807) is 23.9 Å². The minimum Gasteiger partial charge on any atom is -0.479 e. The van der Waals surface area contributed by atoms with E-state index in [1.165, 1.54) is 6.92 Å². The van der Waals surface area contributed by atoms with Crippen LogP contribution in [0, 0.1) is 0 Å². The van der Waals surface area contributed by atoms with Crippen LogP contribution in [0.1, 0.15) is 18.9 Å². The number of fused-ring (bicyclic) bond motifs is 1. The lowest BCUT2D eigenvalue weighted by atomic mass is 9.86. The van der Waals surface area contributed by atoms with Crippen LogP contribution in [0.5, 0.6) is 0 Å². The summed E-state index contributed by atoms with van der Waals surface area (Å²) in [7, 11) is 0. The third kappa shape index (κ3) is 2.02. The Labute approximate surface area is 103 Å². The lowest BCUT2D eigenvalue weighted by Crippen LogP contribution is -2.52. The number of benzene rings is 1. The van der Waals surface area contributed by atoms with Gasteiger partial charge in [-0.05, 0) is 12.5 Å². The second kappa shape index (κ2) is 4.41. The van der Waals surface area contributed by atoms with Crippen LogP contribution in [0.3, 0.4) is 0 Å². The molecule has 1 atom stereocenters. The van der Waals surface area contributed by atoms with Gasteiger partial charge in [0.1, 0.15) is 0 Å². The predicted octanol–water partition coefficient (Wildman–Crippen LogP) is 1.60. The van der Waals surface area contributed by atoms with Crippen molar-refractivity contribution in [2.75, 3.05) is 5.75 Å². The summed E-state index contributed by atoms with van der Waals surface area (Å²) >= 11 is 1.62. The molecule has 0 radical (unpaired) electrons. The molecule has 1 aliphatic rings. The van der Waals surface area contributed by atoms with Crippen molar-refractivity contribution in [2.45, 2.75) is 23.8 Å². The Morgan fingerprint density at radius 3 is 2.76 bits per heavy atom. The van der Waals surface area contributed by atoms with E-state index >= 15 is 0 Å². The number of carbonyl (C=O) groups is 2. The van der Waals surface area contributed by atoms with Crippen LogP contribution in [0.4, 0.5) is 0 Å². The summed E-state index contributed by atoms with van der Waals surface area (Å²) in [6.45, 7) is 1.34. The maximum atomic E-state index is 11.6. The van der Waals surface area contributed by atoms with Crippen LogP contribution < -0.4 is 5.32 Å². The second-order valence-corrected chi connectivity index (χ2v) is 5.12. The highest BCUT2D eigenvalue weighted by Gasteiger charge is 2.44. The first-order valence-corrected chi connectivity index (χ1v) is 6.29. The average Bonchev–Trinajstić information content (AvgIpc) is 2.28. The van der Waals surface area contributed by atoms with Gasteiger partial charge >= 0.3 is 5.97 Å². The number of thioether (sulfide) groups is 1. The molecular formula is C12H13NO3S. The van der Waals surface area contributed by atoms with Crippen molar-refractivity contribution in [3.63, 3.8) is 0 Å².